The number of methoxy groups -OCH3 is 1. The van der Waals surface area contributed by atoms with Crippen LogP contribution in [0.5, 0.6) is 5.75 Å². The molecule has 3 aromatic rings. The second-order valence-electron chi connectivity index (χ2n) is 6.19. The maximum Gasteiger partial charge on any atom is 0.416 e. The van der Waals surface area contributed by atoms with Crippen LogP contribution >= 0.6 is 0 Å². The molecule has 0 bridgehead atoms. The van der Waals surface area contributed by atoms with Crippen LogP contribution in [0.25, 0.3) is 22.3 Å². The van der Waals surface area contributed by atoms with Gasteiger partial charge in [-0.05, 0) is 53.1 Å². The van der Waals surface area contributed by atoms with E-state index in [4.69, 9.17) is 9.84 Å². The van der Waals surface area contributed by atoms with Crippen molar-refractivity contribution in [2.45, 2.75) is 12.7 Å². The summed E-state index contributed by atoms with van der Waals surface area (Å²) >= 11 is 0. The lowest BCUT2D eigenvalue weighted by Crippen LogP contribution is -2.20. The first-order valence-corrected chi connectivity index (χ1v) is 8.55. The fourth-order valence-corrected chi connectivity index (χ4v) is 2.90. The number of benzene rings is 2. The molecule has 8 heteroatoms. The van der Waals surface area contributed by atoms with Gasteiger partial charge in [-0.3, -0.25) is 4.98 Å². The van der Waals surface area contributed by atoms with E-state index in [2.05, 4.69) is 10.3 Å². The van der Waals surface area contributed by atoms with Gasteiger partial charge in [-0.2, -0.15) is 13.2 Å². The summed E-state index contributed by atoms with van der Waals surface area (Å²) in [7, 11) is 1.50. The van der Waals surface area contributed by atoms with Crippen molar-refractivity contribution in [1.29, 1.82) is 0 Å². The molecule has 0 unspecified atom stereocenters. The maximum absolute atomic E-state index is 13.0. The summed E-state index contributed by atoms with van der Waals surface area (Å²) in [6.45, 7) is 0.0266. The average Bonchev–Trinajstić information content (AvgIpc) is 2.71. The van der Waals surface area contributed by atoms with Gasteiger partial charge >= 0.3 is 12.3 Å². The summed E-state index contributed by atoms with van der Waals surface area (Å²) in [6, 6.07) is 13.6. The number of pyridine rings is 1. The van der Waals surface area contributed by atoms with Crippen molar-refractivity contribution >= 4 is 6.09 Å². The number of rotatable bonds is 5. The molecule has 5 nitrogen and oxygen atoms in total. The smallest absolute Gasteiger partial charge is 0.416 e. The predicted octanol–water partition coefficient (Wildman–Crippen LogP) is 5.21. The van der Waals surface area contributed by atoms with Crippen molar-refractivity contribution in [1.82, 2.24) is 10.3 Å². The Bertz CT molecular complexity index is 1040. The zero-order valence-electron chi connectivity index (χ0n) is 15.3. The predicted molar refractivity (Wildman–Crippen MR) is 102 cm³/mol. The minimum absolute atomic E-state index is 0.0266. The van der Waals surface area contributed by atoms with Crippen LogP contribution < -0.4 is 10.1 Å². The number of carbonyl (C=O) groups is 1. The highest BCUT2D eigenvalue weighted by Crippen LogP contribution is 2.36. The van der Waals surface area contributed by atoms with E-state index in [9.17, 15) is 18.0 Å². The third-order valence-electron chi connectivity index (χ3n) is 4.27. The number of ether oxygens (including phenoxy) is 1. The van der Waals surface area contributed by atoms with Crippen molar-refractivity contribution in [3.05, 3.63) is 72.1 Å². The zero-order chi connectivity index (χ0) is 21.0. The molecule has 1 heterocycles. The lowest BCUT2D eigenvalue weighted by Gasteiger charge is -2.13. The summed E-state index contributed by atoms with van der Waals surface area (Å²) in [5, 5.41) is 11.0. The minimum Gasteiger partial charge on any atom is -0.496 e. The molecule has 0 aliphatic rings. The normalized spacial score (nSPS) is 11.2. The highest BCUT2D eigenvalue weighted by atomic mass is 19.4. The van der Waals surface area contributed by atoms with Crippen LogP contribution in [0.2, 0.25) is 0 Å². The Morgan fingerprint density at radius 1 is 1.07 bits per heavy atom. The van der Waals surface area contributed by atoms with Crippen LogP contribution in [0.15, 0.2) is 60.8 Å². The summed E-state index contributed by atoms with van der Waals surface area (Å²) in [4.78, 5) is 14.8. The fraction of sp³-hybridized carbons (Fsp3) is 0.143. The molecule has 1 aromatic heterocycles. The molecule has 2 N–H and O–H groups in total. The third kappa shape index (κ3) is 4.84. The average molecular weight is 402 g/mol. The van der Waals surface area contributed by atoms with Crippen LogP contribution in [0, 0.1) is 0 Å². The number of hydrogen-bond acceptors (Lipinski definition) is 3. The number of halogens is 3. The van der Waals surface area contributed by atoms with Gasteiger partial charge in [0, 0.05) is 11.8 Å². The monoisotopic (exact) mass is 402 g/mol. The van der Waals surface area contributed by atoms with Gasteiger partial charge in [0.15, 0.2) is 0 Å². The Morgan fingerprint density at radius 3 is 2.52 bits per heavy atom. The van der Waals surface area contributed by atoms with Gasteiger partial charge in [-0.15, -0.1) is 0 Å². The molecular weight excluding hydrogens is 385 g/mol. The summed E-state index contributed by atoms with van der Waals surface area (Å²) in [6.07, 6.45) is -4.06. The molecule has 0 atom stereocenters. The molecular formula is C21H17F3N2O3. The molecule has 0 spiro atoms. The maximum atomic E-state index is 13.0. The van der Waals surface area contributed by atoms with Gasteiger partial charge in [0.1, 0.15) is 5.75 Å². The van der Waals surface area contributed by atoms with Crippen molar-refractivity contribution in [2.75, 3.05) is 7.11 Å². The van der Waals surface area contributed by atoms with E-state index in [-0.39, 0.29) is 6.54 Å². The van der Waals surface area contributed by atoms with Gasteiger partial charge in [0.25, 0.3) is 0 Å². The standard InChI is InChI=1S/C21H17F3N2O3/c1-29-19-6-5-14(13-3-2-4-16(9-13)21(22,23)24)11-18(19)15-7-8-25-17(10-15)12-26-20(27)28/h2-11,26H,12H2,1H3,(H,27,28). The molecule has 0 fully saturated rings. The minimum atomic E-state index is -4.43. The van der Waals surface area contributed by atoms with E-state index in [1.807, 2.05) is 0 Å². The second kappa shape index (κ2) is 8.22. The van der Waals surface area contributed by atoms with Gasteiger partial charge in [0.2, 0.25) is 0 Å². The Kier molecular flexibility index (Phi) is 5.72. The van der Waals surface area contributed by atoms with Gasteiger partial charge < -0.3 is 15.2 Å². The van der Waals surface area contributed by atoms with E-state index in [1.54, 1.807) is 36.4 Å². The van der Waals surface area contributed by atoms with Crippen molar-refractivity contribution in [3.63, 3.8) is 0 Å². The van der Waals surface area contributed by atoms with E-state index in [0.29, 0.717) is 33.7 Å². The number of aromatic nitrogens is 1. The van der Waals surface area contributed by atoms with Crippen molar-refractivity contribution in [3.8, 4) is 28.0 Å². The number of carboxylic acid groups (broad SMARTS) is 1. The lowest BCUT2D eigenvalue weighted by atomic mass is 9.97. The van der Waals surface area contributed by atoms with Gasteiger partial charge in [-0.1, -0.05) is 18.2 Å². The Labute approximate surface area is 164 Å². The van der Waals surface area contributed by atoms with Crippen LogP contribution in [-0.2, 0) is 12.7 Å². The highest BCUT2D eigenvalue weighted by molar-refractivity contribution is 5.78. The first-order chi connectivity index (χ1) is 13.8. The van der Waals surface area contributed by atoms with Crippen LogP contribution in [0.4, 0.5) is 18.0 Å². The lowest BCUT2D eigenvalue weighted by molar-refractivity contribution is -0.137. The molecule has 0 aliphatic carbocycles. The molecule has 1 amide bonds. The van der Waals surface area contributed by atoms with E-state index >= 15 is 0 Å². The zero-order valence-corrected chi connectivity index (χ0v) is 15.3. The molecule has 3 rings (SSSR count). The number of nitrogens with one attached hydrogen (secondary N) is 1. The first-order valence-electron chi connectivity index (χ1n) is 8.55. The first kappa shape index (κ1) is 20.2. The van der Waals surface area contributed by atoms with Crippen molar-refractivity contribution in [2.24, 2.45) is 0 Å². The Balaban J connectivity index is 2.03. The molecule has 0 aliphatic heterocycles. The molecule has 0 radical (unpaired) electrons. The molecule has 2 aromatic carbocycles. The van der Waals surface area contributed by atoms with Crippen molar-refractivity contribution < 1.29 is 27.8 Å². The number of amides is 1. The third-order valence-corrected chi connectivity index (χ3v) is 4.27. The van der Waals surface area contributed by atoms with Gasteiger partial charge in [0.05, 0.1) is 24.9 Å². The molecule has 29 heavy (non-hydrogen) atoms. The van der Waals surface area contributed by atoms with E-state index in [1.165, 1.54) is 19.4 Å². The number of alkyl halides is 3. The largest absolute Gasteiger partial charge is 0.496 e. The Hall–Kier alpha value is -3.55. The topological polar surface area (TPSA) is 71.5 Å². The van der Waals surface area contributed by atoms with Crippen LogP contribution in [-0.4, -0.2) is 23.3 Å². The number of hydrogen-bond donors (Lipinski definition) is 2. The summed E-state index contributed by atoms with van der Waals surface area (Å²) in [5.74, 6) is 0.532. The molecule has 0 saturated heterocycles. The highest BCUT2D eigenvalue weighted by Gasteiger charge is 2.30. The van der Waals surface area contributed by atoms with E-state index < -0.39 is 17.8 Å². The fourth-order valence-electron chi connectivity index (χ4n) is 2.90. The SMILES string of the molecule is COc1ccc(-c2cccc(C(F)(F)F)c2)cc1-c1ccnc(CNC(=O)O)c1. The van der Waals surface area contributed by atoms with E-state index in [0.717, 1.165) is 12.1 Å². The van der Waals surface area contributed by atoms with Crippen LogP contribution in [0.1, 0.15) is 11.3 Å². The summed E-state index contributed by atoms with van der Waals surface area (Å²) in [5.41, 5.74) is 2.14. The molecule has 0 saturated carbocycles. The quantitative estimate of drug-likeness (QED) is 0.615. The van der Waals surface area contributed by atoms with Crippen LogP contribution in [0.3, 0.4) is 0 Å². The summed E-state index contributed by atoms with van der Waals surface area (Å²) < 4.78 is 44.5. The Morgan fingerprint density at radius 2 is 1.83 bits per heavy atom. The number of nitrogens with zero attached hydrogens (tertiary/aromatic N) is 1. The van der Waals surface area contributed by atoms with Gasteiger partial charge in [-0.25, -0.2) is 4.79 Å². The molecule has 150 valence electrons. The second-order valence-corrected chi connectivity index (χ2v) is 6.19.